The van der Waals surface area contributed by atoms with Gasteiger partial charge in [0.05, 0.1) is 25.4 Å². The molecule has 2 aromatic rings. The highest BCUT2D eigenvalue weighted by molar-refractivity contribution is 7.15. The zero-order valence-electron chi connectivity index (χ0n) is 15.5. The third-order valence-corrected chi connectivity index (χ3v) is 6.10. The average molecular weight is 375 g/mol. The van der Waals surface area contributed by atoms with Crippen LogP contribution in [0.25, 0.3) is 0 Å². The molecule has 0 bridgehead atoms. The lowest BCUT2D eigenvalue weighted by Crippen LogP contribution is -2.65. The van der Waals surface area contributed by atoms with Crippen LogP contribution in [-0.4, -0.2) is 47.1 Å². The summed E-state index contributed by atoms with van der Waals surface area (Å²) in [5.74, 6) is 0.674. The zero-order chi connectivity index (χ0) is 18.0. The van der Waals surface area contributed by atoms with Crippen molar-refractivity contribution in [2.45, 2.75) is 45.3 Å². The highest BCUT2D eigenvalue weighted by Gasteiger charge is 2.48. The second-order valence-corrected chi connectivity index (χ2v) is 8.62. The van der Waals surface area contributed by atoms with E-state index in [1.165, 1.54) is 0 Å². The molecule has 2 saturated heterocycles. The Kier molecular flexibility index (Phi) is 5.20. The molecule has 7 heteroatoms. The molecule has 0 saturated carbocycles. The summed E-state index contributed by atoms with van der Waals surface area (Å²) in [7, 11) is 0. The molecule has 0 N–H and O–H groups in total. The van der Waals surface area contributed by atoms with Crippen LogP contribution >= 0.6 is 11.3 Å². The molecule has 2 aliphatic rings. The average Bonchev–Trinajstić information content (AvgIpc) is 3.03. The first-order chi connectivity index (χ1) is 12.6. The highest BCUT2D eigenvalue weighted by atomic mass is 32.1. The Hall–Kier alpha value is -1.57. The summed E-state index contributed by atoms with van der Waals surface area (Å²) in [6, 6.07) is 6.07. The van der Waals surface area contributed by atoms with Gasteiger partial charge in [-0.1, -0.05) is 17.4 Å². The lowest BCUT2D eigenvalue weighted by Gasteiger charge is -2.53. The van der Waals surface area contributed by atoms with Crippen molar-refractivity contribution in [1.29, 1.82) is 0 Å². The summed E-state index contributed by atoms with van der Waals surface area (Å²) in [5, 5.41) is 10.4. The van der Waals surface area contributed by atoms with Crippen LogP contribution in [0.5, 0.6) is 0 Å². The molecular weight excluding hydrogens is 348 g/mol. The Balaban J connectivity index is 1.21. The Morgan fingerprint density at radius 3 is 2.96 bits per heavy atom. The monoisotopic (exact) mass is 374 g/mol. The Morgan fingerprint density at radius 1 is 1.31 bits per heavy atom. The van der Waals surface area contributed by atoms with Crippen LogP contribution in [0.3, 0.4) is 0 Å². The molecule has 26 heavy (non-hydrogen) atoms. The van der Waals surface area contributed by atoms with E-state index in [1.54, 1.807) is 11.3 Å². The second-order valence-electron chi connectivity index (χ2n) is 7.46. The third-order valence-electron chi connectivity index (χ3n) is 5.21. The first-order valence-corrected chi connectivity index (χ1v) is 10.1. The second kappa shape index (κ2) is 7.58. The summed E-state index contributed by atoms with van der Waals surface area (Å²) in [5.41, 5.74) is 2.06. The van der Waals surface area contributed by atoms with Gasteiger partial charge in [0, 0.05) is 18.9 Å². The van der Waals surface area contributed by atoms with E-state index in [2.05, 4.69) is 20.1 Å². The minimum atomic E-state index is 0.0145. The number of pyridine rings is 1. The van der Waals surface area contributed by atoms with E-state index in [-0.39, 0.29) is 5.60 Å². The van der Waals surface area contributed by atoms with Gasteiger partial charge in [0.25, 0.3) is 0 Å². The standard InChI is InChI=1S/C19H26N4O2S/c1-14-4-3-5-17(20-14)11-24-8-6-16-7-9-25-19(10-16)12-23(13-19)18-22-21-15(2)26-18/h3-5,16H,6-13H2,1-2H3/t16-/m1/s1. The Labute approximate surface area is 158 Å². The maximum Gasteiger partial charge on any atom is 0.208 e. The van der Waals surface area contributed by atoms with Crippen LogP contribution in [0.2, 0.25) is 0 Å². The lowest BCUT2D eigenvalue weighted by molar-refractivity contribution is -0.116. The predicted octanol–water partition coefficient (Wildman–Crippen LogP) is 3.14. The van der Waals surface area contributed by atoms with Crippen molar-refractivity contribution in [2.75, 3.05) is 31.2 Å². The van der Waals surface area contributed by atoms with Crippen LogP contribution < -0.4 is 4.90 Å². The van der Waals surface area contributed by atoms with Gasteiger partial charge in [-0.15, -0.1) is 10.2 Å². The third kappa shape index (κ3) is 4.05. The SMILES string of the molecule is Cc1cccc(COCC[C@@H]2CCOC3(C2)CN(c2nnc(C)s2)C3)n1. The molecule has 2 aliphatic heterocycles. The maximum atomic E-state index is 6.14. The summed E-state index contributed by atoms with van der Waals surface area (Å²) in [6.07, 6.45) is 3.34. The number of hydrogen-bond acceptors (Lipinski definition) is 7. The largest absolute Gasteiger partial charge is 0.375 e. The maximum absolute atomic E-state index is 6.14. The van der Waals surface area contributed by atoms with E-state index in [0.717, 1.165) is 67.1 Å². The number of nitrogens with zero attached hydrogens (tertiary/aromatic N) is 4. The van der Waals surface area contributed by atoms with Crippen LogP contribution in [0, 0.1) is 19.8 Å². The molecule has 2 fully saturated rings. The van der Waals surface area contributed by atoms with Gasteiger partial charge in [-0.2, -0.15) is 0 Å². The molecule has 0 amide bonds. The van der Waals surface area contributed by atoms with Crippen molar-refractivity contribution in [1.82, 2.24) is 15.2 Å². The fourth-order valence-electron chi connectivity index (χ4n) is 3.90. The first kappa shape index (κ1) is 17.8. The van der Waals surface area contributed by atoms with Crippen LogP contribution in [0.15, 0.2) is 18.2 Å². The molecule has 1 atom stereocenters. The number of ether oxygens (including phenoxy) is 2. The summed E-state index contributed by atoms with van der Waals surface area (Å²) in [6.45, 7) is 8.12. The van der Waals surface area contributed by atoms with E-state index in [0.29, 0.717) is 12.5 Å². The molecule has 0 aromatic carbocycles. The molecule has 2 aromatic heterocycles. The van der Waals surface area contributed by atoms with Crippen molar-refractivity contribution in [3.8, 4) is 0 Å². The molecule has 1 spiro atoms. The van der Waals surface area contributed by atoms with Gasteiger partial charge >= 0.3 is 0 Å². The van der Waals surface area contributed by atoms with Crippen molar-refractivity contribution in [2.24, 2.45) is 5.92 Å². The van der Waals surface area contributed by atoms with Gasteiger partial charge < -0.3 is 14.4 Å². The summed E-state index contributed by atoms with van der Waals surface area (Å²) in [4.78, 5) is 6.77. The number of aryl methyl sites for hydroxylation is 2. The number of rotatable bonds is 6. The number of hydrogen-bond donors (Lipinski definition) is 0. The topological polar surface area (TPSA) is 60.4 Å². The first-order valence-electron chi connectivity index (χ1n) is 9.31. The van der Waals surface area contributed by atoms with Crippen molar-refractivity contribution < 1.29 is 9.47 Å². The van der Waals surface area contributed by atoms with Gasteiger partial charge in [-0.05, 0) is 51.2 Å². The van der Waals surface area contributed by atoms with Gasteiger partial charge in [0.2, 0.25) is 5.13 Å². The van der Waals surface area contributed by atoms with Crippen LogP contribution in [0.4, 0.5) is 5.13 Å². The van der Waals surface area contributed by atoms with Crippen molar-refractivity contribution >= 4 is 16.5 Å². The van der Waals surface area contributed by atoms with Crippen LogP contribution in [0.1, 0.15) is 35.7 Å². The van der Waals surface area contributed by atoms with E-state index >= 15 is 0 Å². The molecule has 140 valence electrons. The van der Waals surface area contributed by atoms with Gasteiger partial charge in [-0.3, -0.25) is 4.98 Å². The predicted molar refractivity (Wildman–Crippen MR) is 102 cm³/mol. The summed E-state index contributed by atoms with van der Waals surface area (Å²) < 4.78 is 12.0. The quantitative estimate of drug-likeness (QED) is 0.724. The molecule has 4 rings (SSSR count). The molecular formula is C19H26N4O2S. The van der Waals surface area contributed by atoms with Crippen LogP contribution in [-0.2, 0) is 16.1 Å². The molecule has 0 unspecified atom stereocenters. The minimum Gasteiger partial charge on any atom is -0.375 e. The molecule has 6 nitrogen and oxygen atoms in total. The van der Waals surface area contributed by atoms with E-state index in [4.69, 9.17) is 9.47 Å². The van der Waals surface area contributed by atoms with Gasteiger partial charge in [0.1, 0.15) is 10.6 Å². The zero-order valence-corrected chi connectivity index (χ0v) is 16.3. The minimum absolute atomic E-state index is 0.0145. The number of aromatic nitrogens is 3. The van der Waals surface area contributed by atoms with Gasteiger partial charge in [-0.25, -0.2) is 0 Å². The van der Waals surface area contributed by atoms with Crippen molar-refractivity contribution in [3.05, 3.63) is 34.6 Å². The normalized spacial score (nSPS) is 21.8. The fourth-order valence-corrected chi connectivity index (χ4v) is 4.59. The van der Waals surface area contributed by atoms with Gasteiger partial charge in [0.15, 0.2) is 0 Å². The molecule has 0 aliphatic carbocycles. The Morgan fingerprint density at radius 2 is 2.19 bits per heavy atom. The lowest BCUT2D eigenvalue weighted by atomic mass is 9.79. The van der Waals surface area contributed by atoms with E-state index < -0.39 is 0 Å². The molecule has 4 heterocycles. The summed E-state index contributed by atoms with van der Waals surface area (Å²) >= 11 is 1.66. The van der Waals surface area contributed by atoms with E-state index in [9.17, 15) is 0 Å². The fraction of sp³-hybridized carbons (Fsp3) is 0.632. The highest BCUT2D eigenvalue weighted by Crippen LogP contribution is 2.40. The number of anilines is 1. The van der Waals surface area contributed by atoms with E-state index in [1.807, 2.05) is 32.0 Å². The molecule has 0 radical (unpaired) electrons. The van der Waals surface area contributed by atoms with Crippen molar-refractivity contribution in [3.63, 3.8) is 0 Å². The smallest absolute Gasteiger partial charge is 0.208 e. The Bertz CT molecular complexity index is 745.